The van der Waals surface area contributed by atoms with Crippen LogP contribution in [0.25, 0.3) is 0 Å². The van der Waals surface area contributed by atoms with E-state index in [1.165, 1.54) is 57.1 Å². The van der Waals surface area contributed by atoms with E-state index in [0.717, 1.165) is 6.42 Å². The third-order valence-electron chi connectivity index (χ3n) is 5.27. The van der Waals surface area contributed by atoms with Gasteiger partial charge in [-0.15, -0.1) is 0 Å². The van der Waals surface area contributed by atoms with Crippen molar-refractivity contribution in [3.63, 3.8) is 0 Å². The number of unbranched alkanes of at least 4 members (excludes halogenated alkanes) is 7. The lowest BCUT2D eigenvalue weighted by Gasteiger charge is -2.24. The van der Waals surface area contributed by atoms with E-state index in [1.807, 2.05) is 57.6 Å². The minimum Gasteiger partial charge on any atom is -0.454 e. The molecule has 0 aliphatic rings. The Morgan fingerprint density at radius 3 is 1.92 bits per heavy atom. The summed E-state index contributed by atoms with van der Waals surface area (Å²) >= 11 is 0. The molecule has 0 aromatic heterocycles. The van der Waals surface area contributed by atoms with Crippen molar-refractivity contribution < 1.29 is 37.6 Å². The van der Waals surface area contributed by atoms with Crippen LogP contribution in [0.15, 0.2) is 72.9 Å². The van der Waals surface area contributed by atoms with Crippen LogP contribution in [0, 0.1) is 0 Å². The zero-order valence-electron chi connectivity index (χ0n) is 24.3. The van der Waals surface area contributed by atoms with Crippen molar-refractivity contribution in [3.05, 3.63) is 72.9 Å². The van der Waals surface area contributed by atoms with Gasteiger partial charge in [0.25, 0.3) is 0 Å². The fourth-order valence-electron chi connectivity index (χ4n) is 3.01. The Bertz CT molecular complexity index is 854. The van der Waals surface area contributed by atoms with Gasteiger partial charge in [-0.1, -0.05) is 112 Å². The number of nitrogens with zero attached hydrogens (tertiary/aromatic N) is 1. The van der Waals surface area contributed by atoms with Crippen LogP contribution in [0.2, 0.25) is 0 Å². The van der Waals surface area contributed by atoms with E-state index in [2.05, 4.69) is 19.1 Å². The van der Waals surface area contributed by atoms with Gasteiger partial charge in [-0.2, -0.15) is 0 Å². The zero-order valence-corrected chi connectivity index (χ0v) is 25.2. The minimum atomic E-state index is -4.31. The van der Waals surface area contributed by atoms with E-state index in [1.54, 1.807) is 12.2 Å². The van der Waals surface area contributed by atoms with E-state index in [0.29, 0.717) is 11.0 Å². The molecule has 0 amide bonds. The topological polar surface area (TPSA) is 102 Å². The van der Waals surface area contributed by atoms with Crippen LogP contribution in [0.4, 0.5) is 0 Å². The van der Waals surface area contributed by atoms with Crippen LogP contribution < -0.4 is 0 Å². The predicted molar refractivity (Wildman–Crippen MR) is 159 cm³/mol. The summed E-state index contributed by atoms with van der Waals surface area (Å²) in [6, 6.07) is 0. The molecule has 0 spiro atoms. The van der Waals surface area contributed by atoms with Crippen LogP contribution in [0.5, 0.6) is 0 Å². The van der Waals surface area contributed by atoms with E-state index >= 15 is 0 Å². The third kappa shape index (κ3) is 27.3. The van der Waals surface area contributed by atoms with Crippen LogP contribution in [0.3, 0.4) is 0 Å². The van der Waals surface area contributed by atoms with Gasteiger partial charge in [-0.05, 0) is 12.8 Å². The number of quaternary nitrogens is 1. The average molecular weight is 569 g/mol. The molecule has 2 N–H and O–H groups in total. The Kier molecular flexibility index (Phi) is 22.5. The van der Waals surface area contributed by atoms with E-state index in [9.17, 15) is 19.4 Å². The van der Waals surface area contributed by atoms with E-state index < -0.39 is 33.1 Å². The van der Waals surface area contributed by atoms with Gasteiger partial charge in [0.2, 0.25) is 0 Å². The second-order valence-electron chi connectivity index (χ2n) is 10.1. The van der Waals surface area contributed by atoms with Crippen molar-refractivity contribution in [2.75, 3.05) is 47.5 Å². The number of hydrogen-bond acceptors (Lipinski definition) is 6. The first kappa shape index (κ1) is 36.9. The highest BCUT2D eigenvalue weighted by Crippen LogP contribution is 2.43. The normalized spacial score (nSPS) is 15.5. The first-order valence-electron chi connectivity index (χ1n) is 13.8. The number of ether oxygens (including phenoxy) is 1. The summed E-state index contributed by atoms with van der Waals surface area (Å²) < 4.78 is 27.2. The van der Waals surface area contributed by atoms with Crippen molar-refractivity contribution in [2.45, 2.75) is 64.4 Å². The number of likely N-dealkylation sites (N-methyl/N-ethyl adjacent to an activating group) is 1. The first-order valence-corrected chi connectivity index (χ1v) is 15.3. The SMILES string of the molecule is CCCCCCCCCC=CC=CC=CC=CC=CC=CC(=O)O[C@H](CO)COP(=O)(O)OCC[N+](C)(C)C. The summed E-state index contributed by atoms with van der Waals surface area (Å²) in [6.45, 7) is 1.74. The quantitative estimate of drug-likeness (QED) is 0.0377. The fraction of sp³-hybridized carbons (Fsp3) is 0.567. The summed E-state index contributed by atoms with van der Waals surface area (Å²) in [4.78, 5) is 21.6. The van der Waals surface area contributed by atoms with Gasteiger partial charge in [-0.3, -0.25) is 9.05 Å². The second-order valence-corrected chi connectivity index (χ2v) is 11.5. The molecule has 0 bridgehead atoms. The van der Waals surface area contributed by atoms with Crippen LogP contribution >= 0.6 is 7.82 Å². The van der Waals surface area contributed by atoms with E-state index in [4.69, 9.17) is 13.8 Å². The second kappa shape index (κ2) is 23.8. The Morgan fingerprint density at radius 2 is 1.36 bits per heavy atom. The Labute approximate surface area is 236 Å². The highest BCUT2D eigenvalue weighted by molar-refractivity contribution is 7.47. The zero-order chi connectivity index (χ0) is 29.2. The van der Waals surface area contributed by atoms with Gasteiger partial charge >= 0.3 is 13.8 Å². The minimum absolute atomic E-state index is 0.0214. The van der Waals surface area contributed by atoms with Crippen LogP contribution in [-0.2, 0) is 23.1 Å². The summed E-state index contributed by atoms with van der Waals surface area (Å²) in [5, 5.41) is 9.35. The average Bonchev–Trinajstić information content (AvgIpc) is 2.87. The molecule has 0 radical (unpaired) electrons. The molecule has 0 fully saturated rings. The molecule has 2 atom stereocenters. The number of aliphatic hydroxyl groups is 1. The fourth-order valence-corrected chi connectivity index (χ4v) is 3.76. The molecule has 8 nitrogen and oxygen atoms in total. The monoisotopic (exact) mass is 568 g/mol. The number of carbonyl (C=O) groups is 1. The molecule has 39 heavy (non-hydrogen) atoms. The smallest absolute Gasteiger partial charge is 0.454 e. The lowest BCUT2D eigenvalue weighted by molar-refractivity contribution is -0.870. The molecule has 0 aromatic rings. The van der Waals surface area contributed by atoms with Crippen molar-refractivity contribution in [1.82, 2.24) is 0 Å². The van der Waals surface area contributed by atoms with Gasteiger partial charge in [0.05, 0.1) is 34.4 Å². The number of carbonyl (C=O) groups excluding carboxylic acids is 1. The van der Waals surface area contributed by atoms with Crippen LogP contribution in [-0.4, -0.2) is 74.1 Å². The molecule has 0 saturated heterocycles. The highest BCUT2D eigenvalue weighted by atomic mass is 31.2. The number of phosphoric acid groups is 1. The van der Waals surface area contributed by atoms with E-state index in [-0.39, 0.29) is 6.61 Å². The predicted octanol–water partition coefficient (Wildman–Crippen LogP) is 6.21. The summed E-state index contributed by atoms with van der Waals surface area (Å²) in [7, 11) is 1.44. The standard InChI is InChI=1S/C30H50NO7P/c1-5-6-7-8-9-10-11-12-13-14-15-16-17-18-19-20-21-22-23-24-30(33)38-29(27-32)28-37-39(34,35)36-26-25-31(2,3)4/h13-24,29,32H,5-12,25-28H2,1-4H3/p+1/t29-/m1/s1. The molecule has 222 valence electrons. The molecule has 0 rings (SSSR count). The molecule has 9 heteroatoms. The molecule has 0 aromatic carbocycles. The molecular formula is C30H51NO7P+. The maximum absolute atomic E-state index is 11.9. The van der Waals surface area contributed by atoms with Gasteiger partial charge in [0, 0.05) is 6.08 Å². The Balaban J connectivity index is 4.11. The maximum Gasteiger partial charge on any atom is 0.472 e. The Hall–Kier alpha value is -2.06. The summed E-state index contributed by atoms with van der Waals surface area (Å²) in [6.07, 6.45) is 31.2. The molecular weight excluding hydrogens is 517 g/mol. The highest BCUT2D eigenvalue weighted by Gasteiger charge is 2.25. The molecule has 0 aliphatic carbocycles. The lowest BCUT2D eigenvalue weighted by atomic mass is 10.1. The number of esters is 1. The van der Waals surface area contributed by atoms with Gasteiger partial charge in [0.15, 0.2) is 0 Å². The third-order valence-corrected chi connectivity index (χ3v) is 6.25. The van der Waals surface area contributed by atoms with Crippen LogP contribution in [0.1, 0.15) is 58.3 Å². The first-order chi connectivity index (χ1) is 18.6. The van der Waals surface area contributed by atoms with Crippen molar-refractivity contribution in [3.8, 4) is 0 Å². The van der Waals surface area contributed by atoms with Gasteiger partial charge < -0.3 is 19.2 Å². The Morgan fingerprint density at radius 1 is 0.821 bits per heavy atom. The number of hydrogen-bond donors (Lipinski definition) is 2. The lowest BCUT2D eigenvalue weighted by Crippen LogP contribution is -2.37. The number of allylic oxidation sites excluding steroid dienone is 11. The molecule has 1 unspecified atom stereocenters. The summed E-state index contributed by atoms with van der Waals surface area (Å²) in [5.41, 5.74) is 0. The van der Waals surface area contributed by atoms with Crippen molar-refractivity contribution in [1.29, 1.82) is 0 Å². The number of aliphatic hydroxyl groups excluding tert-OH is 1. The van der Waals surface area contributed by atoms with Gasteiger partial charge in [0.1, 0.15) is 19.3 Å². The molecule has 0 saturated carbocycles. The van der Waals surface area contributed by atoms with Gasteiger partial charge in [-0.25, -0.2) is 9.36 Å². The molecule has 0 aliphatic heterocycles. The largest absolute Gasteiger partial charge is 0.472 e. The molecule has 0 heterocycles. The summed E-state index contributed by atoms with van der Waals surface area (Å²) in [5.74, 6) is -0.713. The maximum atomic E-state index is 11.9. The number of rotatable bonds is 23. The number of phosphoric ester groups is 1. The van der Waals surface area contributed by atoms with Crippen molar-refractivity contribution >= 4 is 13.8 Å². The van der Waals surface area contributed by atoms with Crippen molar-refractivity contribution in [2.24, 2.45) is 0 Å².